The van der Waals surface area contributed by atoms with Gasteiger partial charge in [0.2, 0.25) is 0 Å². The zero-order valence-electron chi connectivity index (χ0n) is 36.4. The molecule has 0 radical (unpaired) electrons. The van der Waals surface area contributed by atoms with Gasteiger partial charge in [0.1, 0.15) is 0 Å². The third kappa shape index (κ3) is 9.53. The Kier molecular flexibility index (Phi) is 12.6. The second-order valence-corrected chi connectivity index (χ2v) is 17.6. The molecule has 0 saturated carbocycles. The number of nitrogens with zero attached hydrogens (tertiary/aromatic N) is 2. The predicted molar refractivity (Wildman–Crippen MR) is 274 cm³/mol. The summed E-state index contributed by atoms with van der Waals surface area (Å²) in [6.07, 6.45) is 8.99. The molecule has 0 saturated heterocycles. The number of aryl methyl sites for hydroxylation is 2. The van der Waals surface area contributed by atoms with Crippen LogP contribution in [0.15, 0.2) is 255 Å². The van der Waals surface area contributed by atoms with E-state index in [1.165, 1.54) is 89.0 Å². The summed E-state index contributed by atoms with van der Waals surface area (Å²) in [6, 6.07) is 83.3. The van der Waals surface area contributed by atoms with Crippen LogP contribution in [0.4, 0.5) is 0 Å². The molecule has 2 heterocycles. The molecule has 0 aliphatic rings. The molecular weight excluding hydrogens is 805 g/mol. The average molecular weight is 855 g/mol. The van der Waals surface area contributed by atoms with Crippen molar-refractivity contribution in [2.24, 2.45) is 0 Å². The Balaban J connectivity index is 0.859. The molecule has 3 heteroatoms. The van der Waals surface area contributed by atoms with E-state index in [4.69, 9.17) is 0 Å². The molecule has 65 heavy (non-hydrogen) atoms. The van der Waals surface area contributed by atoms with Gasteiger partial charge in [-0.2, -0.15) is 0 Å². The van der Waals surface area contributed by atoms with Gasteiger partial charge in [0, 0.05) is 24.3 Å². The van der Waals surface area contributed by atoms with E-state index in [0.29, 0.717) is 0 Å². The van der Waals surface area contributed by atoms with Gasteiger partial charge in [-0.15, -0.1) is 11.8 Å². The standard InChI is InChI=1S/C62H50N2S/c1-7-19-47(20-8-1)55-43-57(49-23-11-3-12-24-49)61(58(44-55)50-25-13-4-14-26-50)53-31-35-63(36-32-53)39-41-65-42-40-64-37-33-54(34-38-64)62-59(51-27-15-5-16-28-51)45-56(48-21-9-2-10-22-48)46-60(62)52-29-17-6-18-30-52/h1-38,43-46H,39-42H2/q+2. The Hall–Kier alpha value is -7.59. The van der Waals surface area contributed by atoms with E-state index >= 15 is 0 Å². The Labute approximate surface area is 387 Å². The average Bonchev–Trinajstić information content (AvgIpc) is 3.40. The number of benzene rings is 8. The summed E-state index contributed by atoms with van der Waals surface area (Å²) in [5.41, 5.74) is 19.6. The van der Waals surface area contributed by atoms with Crippen LogP contribution in [0.1, 0.15) is 0 Å². The van der Waals surface area contributed by atoms with Crippen LogP contribution in [0.2, 0.25) is 0 Å². The normalized spacial score (nSPS) is 11.1. The van der Waals surface area contributed by atoms with Crippen molar-refractivity contribution >= 4 is 11.8 Å². The first-order valence-electron chi connectivity index (χ1n) is 22.5. The summed E-state index contributed by atoms with van der Waals surface area (Å²) in [6.45, 7) is 1.89. The van der Waals surface area contributed by atoms with Crippen LogP contribution in [-0.2, 0) is 13.1 Å². The molecule has 0 fully saturated rings. The number of rotatable bonds is 14. The van der Waals surface area contributed by atoms with Crippen molar-refractivity contribution in [2.75, 3.05) is 11.5 Å². The second kappa shape index (κ2) is 19.8. The first-order chi connectivity index (χ1) is 32.2. The highest BCUT2D eigenvalue weighted by Crippen LogP contribution is 2.44. The van der Waals surface area contributed by atoms with Gasteiger partial charge >= 0.3 is 0 Å². The molecule has 10 rings (SSSR count). The van der Waals surface area contributed by atoms with Gasteiger partial charge in [0.15, 0.2) is 37.9 Å². The fourth-order valence-electron chi connectivity index (χ4n) is 8.87. The first kappa shape index (κ1) is 41.4. The highest BCUT2D eigenvalue weighted by Gasteiger charge is 2.20. The summed E-state index contributed by atoms with van der Waals surface area (Å²) >= 11 is 2.00. The number of aromatic nitrogens is 2. The fraction of sp³-hybridized carbons (Fsp3) is 0.0645. The minimum atomic E-state index is 0.947. The van der Waals surface area contributed by atoms with Crippen LogP contribution in [0.25, 0.3) is 89.0 Å². The third-order valence-electron chi connectivity index (χ3n) is 12.2. The van der Waals surface area contributed by atoms with Gasteiger partial charge in [-0.3, -0.25) is 0 Å². The lowest BCUT2D eigenvalue weighted by atomic mass is 9.85. The predicted octanol–water partition coefficient (Wildman–Crippen LogP) is 15.0. The Morgan fingerprint density at radius 3 is 0.754 bits per heavy atom. The lowest BCUT2D eigenvalue weighted by Crippen LogP contribution is -2.35. The highest BCUT2D eigenvalue weighted by atomic mass is 32.2. The molecule has 2 nitrogen and oxygen atoms in total. The number of pyridine rings is 2. The van der Waals surface area contributed by atoms with Crippen molar-refractivity contribution < 1.29 is 9.13 Å². The SMILES string of the molecule is c1ccc(-c2cc(-c3ccccc3)c(-c3cc[n+](CCSCC[n+]4ccc(-c5c(-c6ccccc6)cc(-c6ccccc6)cc5-c5ccccc5)cc4)cc3)c(-c3ccccc3)c2)cc1. The maximum Gasteiger partial charge on any atom is 0.169 e. The molecule has 0 aliphatic heterocycles. The zero-order valence-corrected chi connectivity index (χ0v) is 37.2. The molecule has 0 amide bonds. The molecule has 0 N–H and O–H groups in total. The van der Waals surface area contributed by atoms with Crippen molar-refractivity contribution in [1.82, 2.24) is 0 Å². The van der Waals surface area contributed by atoms with Gasteiger partial charge in [-0.1, -0.05) is 182 Å². The quantitative estimate of drug-likeness (QED) is 0.0781. The van der Waals surface area contributed by atoms with Gasteiger partial charge in [0.25, 0.3) is 0 Å². The lowest BCUT2D eigenvalue weighted by Gasteiger charge is -2.19. The minimum Gasteiger partial charge on any atom is -0.204 e. The first-order valence-corrected chi connectivity index (χ1v) is 23.7. The Bertz CT molecular complexity index is 2760. The van der Waals surface area contributed by atoms with E-state index < -0.39 is 0 Å². The molecule has 0 atom stereocenters. The maximum absolute atomic E-state index is 2.36. The van der Waals surface area contributed by atoms with Gasteiger partial charge in [0.05, 0.1) is 11.5 Å². The van der Waals surface area contributed by atoms with Crippen LogP contribution in [0.3, 0.4) is 0 Å². The van der Waals surface area contributed by atoms with Crippen molar-refractivity contribution in [3.63, 3.8) is 0 Å². The molecule has 8 aromatic carbocycles. The highest BCUT2D eigenvalue weighted by molar-refractivity contribution is 7.99. The van der Waals surface area contributed by atoms with Crippen LogP contribution in [0.5, 0.6) is 0 Å². The number of hydrogen-bond acceptors (Lipinski definition) is 1. The van der Waals surface area contributed by atoms with Crippen LogP contribution >= 0.6 is 11.8 Å². The summed E-state index contributed by atoms with van der Waals surface area (Å²) < 4.78 is 4.64. The summed E-state index contributed by atoms with van der Waals surface area (Å²) in [5, 5.41) is 0. The van der Waals surface area contributed by atoms with Crippen molar-refractivity contribution in [3.05, 3.63) is 255 Å². The van der Waals surface area contributed by atoms with E-state index in [-0.39, 0.29) is 0 Å². The van der Waals surface area contributed by atoms with Gasteiger partial charge < -0.3 is 0 Å². The monoisotopic (exact) mass is 854 g/mol. The molecular formula is C62H50N2S+2. The second-order valence-electron chi connectivity index (χ2n) is 16.4. The number of hydrogen-bond donors (Lipinski definition) is 0. The molecule has 0 bridgehead atoms. The topological polar surface area (TPSA) is 7.76 Å². The Morgan fingerprint density at radius 1 is 0.246 bits per heavy atom. The van der Waals surface area contributed by atoms with E-state index in [1.807, 2.05) is 11.8 Å². The van der Waals surface area contributed by atoms with Gasteiger partial charge in [-0.25, -0.2) is 9.13 Å². The van der Waals surface area contributed by atoms with Crippen molar-refractivity contribution in [1.29, 1.82) is 0 Å². The molecule has 312 valence electrons. The summed E-state index contributed by atoms with van der Waals surface area (Å²) in [4.78, 5) is 0. The van der Waals surface area contributed by atoms with Crippen LogP contribution < -0.4 is 9.13 Å². The maximum atomic E-state index is 2.36. The number of thioether (sulfide) groups is 1. The van der Waals surface area contributed by atoms with Crippen LogP contribution in [0, 0.1) is 0 Å². The molecule has 0 unspecified atom stereocenters. The van der Waals surface area contributed by atoms with Crippen molar-refractivity contribution in [2.45, 2.75) is 13.1 Å². The van der Waals surface area contributed by atoms with E-state index in [2.05, 4.69) is 264 Å². The third-order valence-corrected chi connectivity index (χ3v) is 13.1. The summed E-state index contributed by atoms with van der Waals surface area (Å²) in [5.74, 6) is 2.07. The largest absolute Gasteiger partial charge is 0.204 e. The minimum absolute atomic E-state index is 0.947. The Morgan fingerprint density at radius 2 is 0.492 bits per heavy atom. The van der Waals surface area contributed by atoms with Crippen LogP contribution in [-0.4, -0.2) is 11.5 Å². The molecule has 10 aromatic rings. The van der Waals surface area contributed by atoms with E-state index in [0.717, 1.165) is 24.6 Å². The van der Waals surface area contributed by atoms with Crippen molar-refractivity contribution in [3.8, 4) is 89.0 Å². The fourth-order valence-corrected chi connectivity index (χ4v) is 9.75. The molecule has 2 aromatic heterocycles. The molecule has 0 spiro atoms. The van der Waals surface area contributed by atoms with E-state index in [1.54, 1.807) is 0 Å². The summed E-state index contributed by atoms with van der Waals surface area (Å²) in [7, 11) is 0. The molecule has 0 aliphatic carbocycles. The smallest absolute Gasteiger partial charge is 0.169 e. The lowest BCUT2D eigenvalue weighted by molar-refractivity contribution is -0.693. The van der Waals surface area contributed by atoms with E-state index in [9.17, 15) is 0 Å². The van der Waals surface area contributed by atoms with Gasteiger partial charge in [-0.05, 0) is 113 Å². The zero-order chi connectivity index (χ0) is 43.6.